The molecule has 0 heterocycles. The summed E-state index contributed by atoms with van der Waals surface area (Å²) < 4.78 is 25.7. The van der Waals surface area contributed by atoms with E-state index in [1.807, 2.05) is 0 Å². The van der Waals surface area contributed by atoms with Crippen LogP contribution < -0.4 is 5.32 Å². The fourth-order valence-corrected chi connectivity index (χ4v) is 1.94. The van der Waals surface area contributed by atoms with Gasteiger partial charge in [0, 0.05) is 16.8 Å². The number of amides is 1. The number of hydrogen-bond donors (Lipinski definition) is 1. The van der Waals surface area contributed by atoms with Crippen molar-refractivity contribution in [3.63, 3.8) is 0 Å². The zero-order valence-electron chi connectivity index (χ0n) is 9.38. The third-order valence-corrected chi connectivity index (χ3v) is 2.90. The van der Waals surface area contributed by atoms with E-state index in [-0.39, 0.29) is 16.3 Å². The maximum Gasteiger partial charge on any atom is 0.257 e. The Morgan fingerprint density at radius 3 is 2.37 bits per heavy atom. The van der Waals surface area contributed by atoms with Crippen LogP contribution in [0.2, 0.25) is 10.0 Å². The summed E-state index contributed by atoms with van der Waals surface area (Å²) in [7, 11) is 0. The van der Waals surface area contributed by atoms with E-state index in [0.29, 0.717) is 5.02 Å². The fourth-order valence-electron chi connectivity index (χ4n) is 1.45. The molecule has 1 amide bonds. The van der Waals surface area contributed by atoms with Crippen molar-refractivity contribution in [2.75, 3.05) is 5.32 Å². The number of nitrogens with one attached hydrogen (secondary N) is 1. The summed E-state index contributed by atoms with van der Waals surface area (Å²) in [6.07, 6.45) is 0. The second-order valence-corrected chi connectivity index (χ2v) is 4.55. The van der Waals surface area contributed by atoms with Crippen molar-refractivity contribution < 1.29 is 13.6 Å². The fraction of sp³-hybridized carbons (Fsp3) is 0. The molecule has 0 saturated carbocycles. The molecule has 2 nitrogen and oxygen atoms in total. The van der Waals surface area contributed by atoms with Gasteiger partial charge in [-0.15, -0.1) is 0 Å². The van der Waals surface area contributed by atoms with Crippen LogP contribution in [0.5, 0.6) is 0 Å². The summed E-state index contributed by atoms with van der Waals surface area (Å²) in [6.45, 7) is 0. The van der Waals surface area contributed by atoms with Gasteiger partial charge in [-0.05, 0) is 30.3 Å². The third-order valence-electron chi connectivity index (χ3n) is 2.35. The minimum Gasteiger partial charge on any atom is -0.322 e. The number of halogens is 4. The highest BCUT2D eigenvalue weighted by atomic mass is 35.5. The lowest BCUT2D eigenvalue weighted by molar-refractivity contribution is 0.102. The SMILES string of the molecule is O=C(Nc1ccc(F)c(F)c1)c1ccc(Cl)cc1Cl. The highest BCUT2D eigenvalue weighted by molar-refractivity contribution is 6.37. The molecule has 0 aromatic heterocycles. The molecule has 98 valence electrons. The third kappa shape index (κ3) is 3.22. The smallest absolute Gasteiger partial charge is 0.257 e. The lowest BCUT2D eigenvalue weighted by Crippen LogP contribution is -2.12. The summed E-state index contributed by atoms with van der Waals surface area (Å²) in [5.41, 5.74) is 0.325. The van der Waals surface area contributed by atoms with Gasteiger partial charge < -0.3 is 5.32 Å². The van der Waals surface area contributed by atoms with Gasteiger partial charge >= 0.3 is 0 Å². The van der Waals surface area contributed by atoms with Gasteiger partial charge in [-0.1, -0.05) is 23.2 Å². The number of hydrogen-bond acceptors (Lipinski definition) is 1. The van der Waals surface area contributed by atoms with Crippen LogP contribution >= 0.6 is 23.2 Å². The minimum atomic E-state index is -1.04. The summed E-state index contributed by atoms with van der Waals surface area (Å²) in [5, 5.41) is 2.98. The summed E-state index contributed by atoms with van der Waals surface area (Å²) in [4.78, 5) is 11.9. The van der Waals surface area contributed by atoms with Gasteiger partial charge in [0.1, 0.15) is 0 Å². The quantitative estimate of drug-likeness (QED) is 0.868. The molecule has 6 heteroatoms. The Morgan fingerprint density at radius 2 is 1.74 bits per heavy atom. The van der Waals surface area contributed by atoms with Crippen molar-refractivity contribution in [2.45, 2.75) is 0 Å². The van der Waals surface area contributed by atoms with Crippen molar-refractivity contribution in [2.24, 2.45) is 0 Å². The molecule has 0 atom stereocenters. The van der Waals surface area contributed by atoms with Gasteiger partial charge in [0.15, 0.2) is 11.6 Å². The summed E-state index contributed by atoms with van der Waals surface area (Å²) in [6, 6.07) is 7.43. The van der Waals surface area contributed by atoms with Gasteiger partial charge in [-0.3, -0.25) is 4.79 Å². The van der Waals surface area contributed by atoms with Gasteiger partial charge in [-0.25, -0.2) is 8.78 Å². The molecule has 0 spiro atoms. The Hall–Kier alpha value is -1.65. The monoisotopic (exact) mass is 301 g/mol. The average molecular weight is 302 g/mol. The maximum atomic E-state index is 13.0. The van der Waals surface area contributed by atoms with Crippen molar-refractivity contribution in [3.05, 3.63) is 63.6 Å². The molecule has 0 unspecified atom stereocenters. The highest BCUT2D eigenvalue weighted by Crippen LogP contribution is 2.22. The van der Waals surface area contributed by atoms with Crippen LogP contribution in [0.25, 0.3) is 0 Å². The molecule has 0 saturated heterocycles. The zero-order valence-corrected chi connectivity index (χ0v) is 10.9. The van der Waals surface area contributed by atoms with Gasteiger partial charge in [0.05, 0.1) is 10.6 Å². The molecule has 0 bridgehead atoms. The van der Waals surface area contributed by atoms with E-state index in [9.17, 15) is 13.6 Å². The lowest BCUT2D eigenvalue weighted by atomic mass is 10.2. The van der Waals surface area contributed by atoms with Gasteiger partial charge in [-0.2, -0.15) is 0 Å². The average Bonchev–Trinajstić information content (AvgIpc) is 2.33. The van der Waals surface area contributed by atoms with Crippen molar-refractivity contribution in [3.8, 4) is 0 Å². The molecule has 0 aliphatic rings. The van der Waals surface area contributed by atoms with Crippen molar-refractivity contribution in [1.82, 2.24) is 0 Å². The van der Waals surface area contributed by atoms with Crippen LogP contribution in [0.3, 0.4) is 0 Å². The topological polar surface area (TPSA) is 29.1 Å². The van der Waals surface area contributed by atoms with E-state index in [0.717, 1.165) is 12.1 Å². The molecule has 2 rings (SSSR count). The second-order valence-electron chi connectivity index (χ2n) is 3.71. The number of anilines is 1. The number of carbonyl (C=O) groups is 1. The Morgan fingerprint density at radius 1 is 1.00 bits per heavy atom. The van der Waals surface area contributed by atoms with Crippen molar-refractivity contribution >= 4 is 34.8 Å². The second kappa shape index (κ2) is 5.55. The standard InChI is InChI=1S/C13H7Cl2F2NO/c14-7-1-3-9(10(15)5-7)13(19)18-8-2-4-11(16)12(17)6-8/h1-6H,(H,18,19). The molecule has 2 aromatic rings. The molecule has 1 N–H and O–H groups in total. The van der Waals surface area contributed by atoms with E-state index in [1.54, 1.807) is 0 Å². The largest absolute Gasteiger partial charge is 0.322 e. The first-order valence-electron chi connectivity index (χ1n) is 5.19. The normalized spacial score (nSPS) is 10.3. The summed E-state index contributed by atoms with van der Waals surface area (Å²) in [5.74, 6) is -2.56. The van der Waals surface area contributed by atoms with Crippen LogP contribution in [-0.2, 0) is 0 Å². The van der Waals surface area contributed by atoms with Crippen molar-refractivity contribution in [1.29, 1.82) is 0 Å². The van der Waals surface area contributed by atoms with E-state index >= 15 is 0 Å². The highest BCUT2D eigenvalue weighted by Gasteiger charge is 2.12. The first kappa shape index (κ1) is 13.8. The number of benzene rings is 2. The molecule has 0 radical (unpaired) electrons. The van der Waals surface area contributed by atoms with Crippen LogP contribution in [-0.4, -0.2) is 5.91 Å². The Kier molecular flexibility index (Phi) is 4.02. The molecule has 0 aliphatic heterocycles. The molecule has 0 aliphatic carbocycles. The number of rotatable bonds is 2. The Bertz CT molecular complexity index is 647. The summed E-state index contributed by atoms with van der Waals surface area (Å²) >= 11 is 11.6. The van der Waals surface area contributed by atoms with Crippen LogP contribution in [0.1, 0.15) is 10.4 Å². The van der Waals surface area contributed by atoms with E-state index < -0.39 is 17.5 Å². The first-order chi connectivity index (χ1) is 8.97. The van der Waals surface area contributed by atoms with Crippen LogP contribution in [0, 0.1) is 11.6 Å². The molecule has 19 heavy (non-hydrogen) atoms. The maximum absolute atomic E-state index is 13.0. The van der Waals surface area contributed by atoms with E-state index in [4.69, 9.17) is 23.2 Å². The lowest BCUT2D eigenvalue weighted by Gasteiger charge is -2.07. The zero-order chi connectivity index (χ0) is 14.0. The van der Waals surface area contributed by atoms with E-state index in [2.05, 4.69) is 5.32 Å². The van der Waals surface area contributed by atoms with Crippen LogP contribution in [0.4, 0.5) is 14.5 Å². The number of carbonyl (C=O) groups excluding carboxylic acids is 1. The molecular weight excluding hydrogens is 295 g/mol. The first-order valence-corrected chi connectivity index (χ1v) is 5.94. The minimum absolute atomic E-state index is 0.134. The van der Waals surface area contributed by atoms with E-state index in [1.165, 1.54) is 24.3 Å². The van der Waals surface area contributed by atoms with Gasteiger partial charge in [0.2, 0.25) is 0 Å². The predicted molar refractivity (Wildman–Crippen MR) is 70.8 cm³/mol. The van der Waals surface area contributed by atoms with Crippen LogP contribution in [0.15, 0.2) is 36.4 Å². The molecule has 0 fully saturated rings. The Labute approximate surface area is 118 Å². The molecular formula is C13H7Cl2F2NO. The molecule has 2 aromatic carbocycles. The predicted octanol–water partition coefficient (Wildman–Crippen LogP) is 4.52. The Balaban J connectivity index is 2.23. The van der Waals surface area contributed by atoms with Gasteiger partial charge in [0.25, 0.3) is 5.91 Å².